The maximum atomic E-state index is 12.3. The van der Waals surface area contributed by atoms with Gasteiger partial charge in [-0.3, -0.25) is 9.59 Å². The first-order valence-electron chi connectivity index (χ1n) is 8.92. The van der Waals surface area contributed by atoms with Crippen LogP contribution in [0.4, 0.5) is 0 Å². The summed E-state index contributed by atoms with van der Waals surface area (Å²) in [7, 11) is 1.59. The summed E-state index contributed by atoms with van der Waals surface area (Å²) in [4.78, 5) is 24.6. The molecule has 138 valence electrons. The lowest BCUT2D eigenvalue weighted by atomic mass is 9.85. The number of ether oxygens (including phenoxy) is 1. The van der Waals surface area contributed by atoms with Gasteiger partial charge in [0.2, 0.25) is 5.91 Å². The minimum atomic E-state index is -0.196. The van der Waals surface area contributed by atoms with Crippen molar-refractivity contribution in [3.05, 3.63) is 23.7 Å². The van der Waals surface area contributed by atoms with Crippen molar-refractivity contribution in [2.24, 2.45) is 5.92 Å². The molecule has 1 saturated heterocycles. The van der Waals surface area contributed by atoms with Gasteiger partial charge in [0.05, 0.1) is 0 Å². The molecular formula is C18H26N2O4S. The number of nitrogens with one attached hydrogen (secondary N) is 2. The van der Waals surface area contributed by atoms with Crippen molar-refractivity contribution in [2.45, 2.75) is 50.8 Å². The van der Waals surface area contributed by atoms with Gasteiger partial charge in [-0.2, -0.15) is 11.8 Å². The molecule has 2 aliphatic rings. The normalized spacial score (nSPS) is 26.4. The average molecular weight is 366 g/mol. The second-order valence-electron chi connectivity index (χ2n) is 6.79. The van der Waals surface area contributed by atoms with Crippen molar-refractivity contribution in [1.29, 1.82) is 0 Å². The third-order valence-corrected chi connectivity index (χ3v) is 6.04. The van der Waals surface area contributed by atoms with Crippen LogP contribution < -0.4 is 10.6 Å². The number of hydrogen-bond acceptors (Lipinski definition) is 5. The third kappa shape index (κ3) is 5.01. The molecule has 6 nitrogen and oxygen atoms in total. The first kappa shape index (κ1) is 18.3. The van der Waals surface area contributed by atoms with Gasteiger partial charge in [0.25, 0.3) is 5.91 Å². The molecule has 2 heterocycles. The zero-order valence-corrected chi connectivity index (χ0v) is 15.4. The highest BCUT2D eigenvalue weighted by Crippen LogP contribution is 2.26. The first-order chi connectivity index (χ1) is 12.2. The van der Waals surface area contributed by atoms with E-state index in [0.717, 1.165) is 43.6 Å². The first-order valence-corrected chi connectivity index (χ1v) is 10.1. The Morgan fingerprint density at radius 3 is 2.64 bits per heavy atom. The number of amides is 2. The van der Waals surface area contributed by atoms with Gasteiger partial charge in [0.15, 0.2) is 5.76 Å². The van der Waals surface area contributed by atoms with E-state index in [1.165, 1.54) is 0 Å². The predicted octanol–water partition coefficient (Wildman–Crippen LogP) is 2.34. The van der Waals surface area contributed by atoms with Crippen LogP contribution in [0, 0.1) is 5.92 Å². The summed E-state index contributed by atoms with van der Waals surface area (Å²) < 4.78 is 10.4. The van der Waals surface area contributed by atoms with Crippen molar-refractivity contribution in [1.82, 2.24) is 10.6 Å². The lowest BCUT2D eigenvalue weighted by molar-refractivity contribution is -0.126. The standard InChI is InChI=1S/C18H26N2O4S/c1-23-10-15-6-7-16(24-15)18(22)19-13-4-2-12(3-5-13)17(21)20-14-8-9-25-11-14/h6-7,12-14H,2-5,8-11H2,1H3,(H,19,22)(H,20,21). The molecule has 2 N–H and O–H groups in total. The summed E-state index contributed by atoms with van der Waals surface area (Å²) in [6.07, 6.45) is 4.38. The van der Waals surface area contributed by atoms with Crippen molar-refractivity contribution in [3.63, 3.8) is 0 Å². The van der Waals surface area contributed by atoms with Crippen molar-refractivity contribution >= 4 is 23.6 Å². The van der Waals surface area contributed by atoms with Gasteiger partial charge in [-0.1, -0.05) is 0 Å². The quantitative estimate of drug-likeness (QED) is 0.808. The average Bonchev–Trinajstić information content (AvgIpc) is 3.28. The lowest BCUT2D eigenvalue weighted by Gasteiger charge is -2.29. The van der Waals surface area contributed by atoms with Gasteiger partial charge in [0, 0.05) is 30.9 Å². The molecule has 1 aliphatic carbocycles. The number of thioether (sulfide) groups is 1. The van der Waals surface area contributed by atoms with E-state index >= 15 is 0 Å². The molecule has 0 bridgehead atoms. The molecule has 1 atom stereocenters. The van der Waals surface area contributed by atoms with E-state index in [-0.39, 0.29) is 23.8 Å². The van der Waals surface area contributed by atoms with Crippen LogP contribution in [-0.2, 0) is 16.1 Å². The fourth-order valence-corrected chi connectivity index (χ4v) is 4.60. The molecular weight excluding hydrogens is 340 g/mol. The van der Waals surface area contributed by atoms with Crippen LogP contribution in [0.2, 0.25) is 0 Å². The Morgan fingerprint density at radius 2 is 1.96 bits per heavy atom. The van der Waals surface area contributed by atoms with Gasteiger partial charge in [0.1, 0.15) is 12.4 Å². The lowest BCUT2D eigenvalue weighted by Crippen LogP contribution is -2.43. The molecule has 0 aromatic carbocycles. The molecule has 2 fully saturated rings. The van der Waals surface area contributed by atoms with Crippen molar-refractivity contribution in [3.8, 4) is 0 Å². The van der Waals surface area contributed by atoms with E-state index in [2.05, 4.69) is 10.6 Å². The molecule has 1 aromatic heterocycles. The van der Waals surface area contributed by atoms with Gasteiger partial charge >= 0.3 is 0 Å². The maximum Gasteiger partial charge on any atom is 0.287 e. The van der Waals surface area contributed by atoms with Crippen molar-refractivity contribution in [2.75, 3.05) is 18.6 Å². The molecule has 0 radical (unpaired) electrons. The van der Waals surface area contributed by atoms with Crippen LogP contribution in [0.5, 0.6) is 0 Å². The third-order valence-electron chi connectivity index (χ3n) is 4.88. The highest BCUT2D eigenvalue weighted by molar-refractivity contribution is 7.99. The molecule has 1 saturated carbocycles. The topological polar surface area (TPSA) is 80.6 Å². The Hall–Kier alpha value is -1.47. The van der Waals surface area contributed by atoms with Crippen LogP contribution in [0.3, 0.4) is 0 Å². The Kier molecular flexibility index (Phi) is 6.42. The predicted molar refractivity (Wildman–Crippen MR) is 96.5 cm³/mol. The summed E-state index contributed by atoms with van der Waals surface area (Å²) in [5, 5.41) is 6.19. The Bertz CT molecular complexity index is 590. The summed E-state index contributed by atoms with van der Waals surface area (Å²) in [6.45, 7) is 0.354. The van der Waals surface area contributed by atoms with Gasteiger partial charge < -0.3 is 19.8 Å². The Labute approximate surface area is 152 Å². The highest BCUT2D eigenvalue weighted by Gasteiger charge is 2.29. The molecule has 1 unspecified atom stereocenters. The van der Waals surface area contributed by atoms with Crippen molar-refractivity contribution < 1.29 is 18.7 Å². The number of carbonyl (C=O) groups is 2. The van der Waals surface area contributed by atoms with Crippen LogP contribution in [-0.4, -0.2) is 42.5 Å². The van der Waals surface area contributed by atoms with E-state index in [0.29, 0.717) is 24.2 Å². The largest absolute Gasteiger partial charge is 0.453 e. The maximum absolute atomic E-state index is 12.3. The van der Waals surface area contributed by atoms with Crippen LogP contribution in [0.1, 0.15) is 48.4 Å². The number of furan rings is 1. The minimum Gasteiger partial charge on any atom is -0.453 e. The molecule has 0 spiro atoms. The fraction of sp³-hybridized carbons (Fsp3) is 0.667. The zero-order valence-electron chi connectivity index (χ0n) is 14.6. The molecule has 25 heavy (non-hydrogen) atoms. The molecule has 1 aliphatic heterocycles. The summed E-state index contributed by atoms with van der Waals surface area (Å²) in [5.74, 6) is 3.19. The van der Waals surface area contributed by atoms with Crippen LogP contribution >= 0.6 is 11.8 Å². The Balaban J connectivity index is 1.42. The second-order valence-corrected chi connectivity index (χ2v) is 7.94. The smallest absolute Gasteiger partial charge is 0.287 e. The van der Waals surface area contributed by atoms with Crippen LogP contribution in [0.15, 0.2) is 16.5 Å². The van der Waals surface area contributed by atoms with E-state index < -0.39 is 0 Å². The zero-order chi connectivity index (χ0) is 17.6. The van der Waals surface area contributed by atoms with E-state index in [1.54, 1.807) is 19.2 Å². The summed E-state index contributed by atoms with van der Waals surface area (Å²) >= 11 is 1.90. The number of methoxy groups -OCH3 is 1. The summed E-state index contributed by atoms with van der Waals surface area (Å²) in [6, 6.07) is 3.87. The molecule has 2 amide bonds. The van der Waals surface area contributed by atoms with E-state index in [4.69, 9.17) is 9.15 Å². The summed E-state index contributed by atoms with van der Waals surface area (Å²) in [5.41, 5.74) is 0. The number of carbonyl (C=O) groups excluding carboxylic acids is 2. The number of hydrogen-bond donors (Lipinski definition) is 2. The number of rotatable bonds is 6. The minimum absolute atomic E-state index is 0.0793. The molecule has 3 rings (SSSR count). The second kappa shape index (κ2) is 8.76. The van der Waals surface area contributed by atoms with E-state index in [9.17, 15) is 9.59 Å². The van der Waals surface area contributed by atoms with E-state index in [1.807, 2.05) is 11.8 Å². The molecule has 7 heteroatoms. The van der Waals surface area contributed by atoms with Gasteiger partial charge in [-0.25, -0.2) is 0 Å². The van der Waals surface area contributed by atoms with Crippen LogP contribution in [0.25, 0.3) is 0 Å². The van der Waals surface area contributed by atoms with Gasteiger partial charge in [-0.15, -0.1) is 0 Å². The van der Waals surface area contributed by atoms with Gasteiger partial charge in [-0.05, 0) is 50.0 Å². The monoisotopic (exact) mass is 366 g/mol. The highest BCUT2D eigenvalue weighted by atomic mass is 32.2. The Morgan fingerprint density at radius 1 is 1.16 bits per heavy atom. The SMILES string of the molecule is COCc1ccc(C(=O)NC2CCC(C(=O)NC3CCSC3)CC2)o1. The molecule has 1 aromatic rings. The fourth-order valence-electron chi connectivity index (χ4n) is 3.44.